The van der Waals surface area contributed by atoms with Gasteiger partial charge in [0.1, 0.15) is 16.7 Å². The fraction of sp³-hybridized carbons (Fsp3) is 0.172. The molecule has 0 aromatic heterocycles. The number of nitrogens with one attached hydrogen (secondary N) is 1. The molecule has 2 amide bonds. The largest absolute Gasteiger partial charge is 0.462 e. The summed E-state index contributed by atoms with van der Waals surface area (Å²) in [5.74, 6) is -1.21. The van der Waals surface area contributed by atoms with Gasteiger partial charge in [-0.2, -0.15) is 5.26 Å². The average Bonchev–Trinajstić information content (AvgIpc) is 3.22. The molecular formula is C29H25N3O4S. The molecule has 0 unspecified atom stereocenters. The summed E-state index contributed by atoms with van der Waals surface area (Å²) in [6.07, 6.45) is 0.359. The van der Waals surface area contributed by atoms with Crippen molar-refractivity contribution in [3.63, 3.8) is 0 Å². The molecule has 0 bridgehead atoms. The molecule has 1 aliphatic rings. The topological polar surface area (TPSA) is 99.5 Å². The molecule has 0 spiro atoms. The van der Waals surface area contributed by atoms with Gasteiger partial charge < -0.3 is 10.1 Å². The Morgan fingerprint density at radius 3 is 2.32 bits per heavy atom. The molecule has 1 fully saturated rings. The highest BCUT2D eigenvalue weighted by atomic mass is 32.2. The number of hydrogen-bond donors (Lipinski definition) is 1. The van der Waals surface area contributed by atoms with Crippen molar-refractivity contribution in [3.8, 4) is 6.07 Å². The van der Waals surface area contributed by atoms with Gasteiger partial charge in [0.05, 0.1) is 17.4 Å². The van der Waals surface area contributed by atoms with Crippen LogP contribution < -0.4 is 10.2 Å². The lowest BCUT2D eigenvalue weighted by Gasteiger charge is -2.18. The number of benzene rings is 3. The quantitative estimate of drug-likeness (QED) is 0.265. The van der Waals surface area contributed by atoms with Crippen LogP contribution in [0.3, 0.4) is 0 Å². The van der Waals surface area contributed by atoms with Crippen molar-refractivity contribution in [1.29, 1.82) is 5.26 Å². The van der Waals surface area contributed by atoms with Crippen LogP contribution in [0.5, 0.6) is 0 Å². The zero-order valence-electron chi connectivity index (χ0n) is 20.4. The van der Waals surface area contributed by atoms with Crippen LogP contribution in [-0.4, -0.2) is 29.6 Å². The van der Waals surface area contributed by atoms with Crippen LogP contribution in [-0.2, 0) is 20.7 Å². The van der Waals surface area contributed by atoms with Gasteiger partial charge in [-0.15, -0.1) is 0 Å². The van der Waals surface area contributed by atoms with Crippen LogP contribution in [0.4, 0.5) is 11.4 Å². The summed E-state index contributed by atoms with van der Waals surface area (Å²) < 4.78 is 5.03. The second-order valence-electron chi connectivity index (χ2n) is 8.35. The number of para-hydroxylation sites is 1. The summed E-state index contributed by atoms with van der Waals surface area (Å²) >= 11 is 1.19. The second-order valence-corrected chi connectivity index (χ2v) is 9.54. The summed E-state index contributed by atoms with van der Waals surface area (Å²) in [6.45, 7) is 3.98. The van der Waals surface area contributed by atoms with Crippen LogP contribution in [0, 0.1) is 18.3 Å². The number of carbonyl (C=O) groups excluding carboxylic acids is 3. The monoisotopic (exact) mass is 511 g/mol. The number of aryl methyl sites for hydroxylation is 1. The van der Waals surface area contributed by atoms with E-state index in [-0.39, 0.29) is 23.1 Å². The number of rotatable bonds is 7. The molecule has 0 aliphatic carbocycles. The Kier molecular flexibility index (Phi) is 8.06. The lowest BCUT2D eigenvalue weighted by molar-refractivity contribution is -0.117. The first-order valence-corrected chi connectivity index (χ1v) is 12.6. The standard InChI is InChI=1S/C29H25N3O4S/c1-3-36-29(35)21-13-11-20(12-14-21)17-25-27(34)32(23-7-5-4-6-8-23)28(37-25)24(18-30)26(33)31-22-15-9-19(2)10-16-22/h4-16,25H,3,17H2,1-2H3,(H,31,33)/b28-24-/t25-/m0/s1. The van der Waals surface area contributed by atoms with Crippen molar-refractivity contribution in [2.75, 3.05) is 16.8 Å². The third kappa shape index (κ3) is 5.90. The van der Waals surface area contributed by atoms with E-state index in [2.05, 4.69) is 5.32 Å². The van der Waals surface area contributed by atoms with Gasteiger partial charge >= 0.3 is 5.97 Å². The molecule has 1 aliphatic heterocycles. The minimum atomic E-state index is -0.581. The zero-order chi connectivity index (χ0) is 26.4. The Hall–Kier alpha value is -4.35. The van der Waals surface area contributed by atoms with E-state index in [1.54, 1.807) is 67.6 Å². The normalized spacial score (nSPS) is 16.2. The Morgan fingerprint density at radius 1 is 1.03 bits per heavy atom. The molecule has 1 atom stereocenters. The number of nitrogens with zero attached hydrogens (tertiary/aromatic N) is 2. The Balaban J connectivity index is 1.64. The van der Waals surface area contributed by atoms with Crippen LogP contribution in [0.1, 0.15) is 28.4 Å². The fourth-order valence-electron chi connectivity index (χ4n) is 3.83. The summed E-state index contributed by atoms with van der Waals surface area (Å²) in [7, 11) is 0. The number of nitriles is 1. The smallest absolute Gasteiger partial charge is 0.338 e. The van der Waals surface area contributed by atoms with Crippen LogP contribution >= 0.6 is 11.8 Å². The number of hydrogen-bond acceptors (Lipinski definition) is 6. The predicted molar refractivity (Wildman–Crippen MR) is 144 cm³/mol. The van der Waals surface area contributed by atoms with Gasteiger partial charge in [0.25, 0.3) is 5.91 Å². The molecule has 1 N–H and O–H groups in total. The van der Waals surface area contributed by atoms with E-state index in [1.807, 2.05) is 31.2 Å². The maximum atomic E-state index is 13.6. The molecule has 186 valence electrons. The van der Waals surface area contributed by atoms with Gasteiger partial charge in [0.2, 0.25) is 5.91 Å². The molecule has 8 heteroatoms. The van der Waals surface area contributed by atoms with Crippen molar-refractivity contribution in [2.45, 2.75) is 25.5 Å². The second kappa shape index (κ2) is 11.6. The number of thioether (sulfide) groups is 1. The fourth-order valence-corrected chi connectivity index (χ4v) is 5.14. The van der Waals surface area contributed by atoms with E-state index in [4.69, 9.17) is 4.74 Å². The van der Waals surface area contributed by atoms with Crippen LogP contribution in [0.25, 0.3) is 0 Å². The van der Waals surface area contributed by atoms with Gasteiger partial charge in [-0.05, 0) is 62.2 Å². The first-order valence-electron chi connectivity index (χ1n) is 11.8. The first kappa shape index (κ1) is 25.7. The van der Waals surface area contributed by atoms with Crippen molar-refractivity contribution in [1.82, 2.24) is 0 Å². The van der Waals surface area contributed by atoms with E-state index in [0.29, 0.717) is 23.4 Å². The van der Waals surface area contributed by atoms with Crippen molar-refractivity contribution >= 4 is 40.9 Å². The van der Waals surface area contributed by atoms with Crippen LogP contribution in [0.2, 0.25) is 0 Å². The Bertz CT molecular complexity index is 1380. The molecule has 3 aromatic rings. The van der Waals surface area contributed by atoms with Crippen LogP contribution in [0.15, 0.2) is 89.5 Å². The molecule has 3 aromatic carbocycles. The highest BCUT2D eigenvalue weighted by Crippen LogP contribution is 2.42. The maximum absolute atomic E-state index is 13.6. The first-order chi connectivity index (χ1) is 17.9. The third-order valence-electron chi connectivity index (χ3n) is 5.72. The van der Waals surface area contributed by atoms with Gasteiger partial charge in [0, 0.05) is 11.4 Å². The number of ether oxygens (including phenoxy) is 1. The lowest BCUT2D eigenvalue weighted by Crippen LogP contribution is -2.30. The Labute approximate surface area is 219 Å². The van der Waals surface area contributed by atoms with Gasteiger partial charge in [-0.3, -0.25) is 14.5 Å². The van der Waals surface area contributed by atoms with E-state index in [1.165, 1.54) is 16.7 Å². The van der Waals surface area contributed by atoms with Crippen molar-refractivity contribution in [2.24, 2.45) is 0 Å². The maximum Gasteiger partial charge on any atom is 0.338 e. The summed E-state index contributed by atoms with van der Waals surface area (Å²) in [6, 6.07) is 25.1. The number of esters is 1. The molecule has 37 heavy (non-hydrogen) atoms. The van der Waals surface area contributed by atoms with E-state index >= 15 is 0 Å². The predicted octanol–water partition coefficient (Wildman–Crippen LogP) is 5.24. The summed E-state index contributed by atoms with van der Waals surface area (Å²) in [4.78, 5) is 40.1. The zero-order valence-corrected chi connectivity index (χ0v) is 21.2. The van der Waals surface area contributed by atoms with Crippen molar-refractivity contribution < 1.29 is 19.1 Å². The van der Waals surface area contributed by atoms with Gasteiger partial charge in [0.15, 0.2) is 0 Å². The minimum absolute atomic E-state index is 0.136. The molecule has 1 heterocycles. The number of amides is 2. The summed E-state index contributed by atoms with van der Waals surface area (Å²) in [5, 5.41) is 12.5. The molecule has 1 saturated heterocycles. The number of anilines is 2. The van der Waals surface area contributed by atoms with Gasteiger partial charge in [-0.1, -0.05) is 59.8 Å². The van der Waals surface area contributed by atoms with Gasteiger partial charge in [-0.25, -0.2) is 4.79 Å². The molecule has 4 rings (SSSR count). The highest BCUT2D eigenvalue weighted by molar-refractivity contribution is 8.05. The molecular weight excluding hydrogens is 486 g/mol. The minimum Gasteiger partial charge on any atom is -0.462 e. The van der Waals surface area contributed by atoms with Crippen molar-refractivity contribution in [3.05, 3.63) is 106 Å². The van der Waals surface area contributed by atoms with E-state index in [0.717, 1.165) is 11.1 Å². The molecule has 0 saturated carbocycles. The van der Waals surface area contributed by atoms with E-state index < -0.39 is 17.1 Å². The lowest BCUT2D eigenvalue weighted by atomic mass is 10.1. The molecule has 7 nitrogen and oxygen atoms in total. The SMILES string of the molecule is CCOC(=O)c1ccc(C[C@@H]2S/C(=C(/C#N)C(=O)Nc3ccc(C)cc3)N(c3ccccc3)C2=O)cc1. The highest BCUT2D eigenvalue weighted by Gasteiger charge is 2.40. The average molecular weight is 512 g/mol. The van der Waals surface area contributed by atoms with E-state index in [9.17, 15) is 19.6 Å². The molecule has 0 radical (unpaired) electrons. The Morgan fingerprint density at radius 2 is 1.70 bits per heavy atom. The number of carbonyl (C=O) groups is 3. The third-order valence-corrected chi connectivity index (χ3v) is 6.98. The summed E-state index contributed by atoms with van der Waals surface area (Å²) in [5.41, 5.74) is 3.32.